The van der Waals surface area contributed by atoms with Gasteiger partial charge < -0.3 is 4.74 Å². The molecule has 0 saturated heterocycles. The van der Waals surface area contributed by atoms with Gasteiger partial charge in [0.15, 0.2) is 0 Å². The molecule has 0 radical (unpaired) electrons. The summed E-state index contributed by atoms with van der Waals surface area (Å²) in [4.78, 5) is 0. The Balaban J connectivity index is 0.000000701. The first kappa shape index (κ1) is 18.1. The molecule has 0 N–H and O–H groups in total. The quantitative estimate of drug-likeness (QED) is 0.696. The number of allylic oxidation sites excluding steroid dienone is 2. The maximum absolute atomic E-state index is 9.20. The number of rotatable bonds is 2. The van der Waals surface area contributed by atoms with Gasteiger partial charge in [-0.05, 0) is 35.4 Å². The number of nitriles is 3. The van der Waals surface area contributed by atoms with Crippen LogP contribution in [0.25, 0.3) is 11.1 Å². The van der Waals surface area contributed by atoms with Gasteiger partial charge in [-0.1, -0.05) is 29.8 Å². The van der Waals surface area contributed by atoms with Crippen molar-refractivity contribution in [2.24, 2.45) is 0 Å². The third kappa shape index (κ3) is 3.99. The molecule has 0 atom stereocenters. The third-order valence-corrected chi connectivity index (χ3v) is 3.81. The highest BCUT2D eigenvalue weighted by molar-refractivity contribution is 6.30. The molecular formula is C20H14ClN3O. The average molecular weight is 348 g/mol. The minimum absolute atomic E-state index is 0.196. The molecule has 2 aromatic carbocycles. The predicted octanol–water partition coefficient (Wildman–Crippen LogP) is 5.71. The van der Waals surface area contributed by atoms with Crippen molar-refractivity contribution in [1.29, 1.82) is 15.8 Å². The lowest BCUT2D eigenvalue weighted by atomic mass is 9.91. The summed E-state index contributed by atoms with van der Waals surface area (Å²) in [5.41, 5.74) is 3.24. The summed E-state index contributed by atoms with van der Waals surface area (Å²) in [7, 11) is 0. The first-order valence-electron chi connectivity index (χ1n) is 7.50. The molecule has 4 nitrogen and oxygen atoms in total. The predicted molar refractivity (Wildman–Crippen MR) is 96.5 cm³/mol. The molecule has 2 aromatic rings. The first-order valence-corrected chi connectivity index (χ1v) is 7.88. The molecule has 1 aliphatic heterocycles. The molecule has 1 heterocycles. The summed E-state index contributed by atoms with van der Waals surface area (Å²) in [5, 5.41) is 26.3. The SMILES string of the molecule is CC#N.N#CCC1=C(CC#N)c2cc(Cl)ccc2Oc2ccccc21. The normalized spacial score (nSPS) is 11.2. The fraction of sp³-hybridized carbons (Fsp3) is 0.150. The van der Waals surface area contributed by atoms with Crippen LogP contribution in [-0.2, 0) is 0 Å². The van der Waals surface area contributed by atoms with Crippen LogP contribution in [0.5, 0.6) is 11.5 Å². The van der Waals surface area contributed by atoms with Crippen molar-refractivity contribution in [3.63, 3.8) is 0 Å². The summed E-state index contributed by atoms with van der Waals surface area (Å²) in [6.07, 6.45) is 0.408. The topological polar surface area (TPSA) is 80.6 Å². The van der Waals surface area contributed by atoms with Crippen LogP contribution < -0.4 is 4.74 Å². The maximum Gasteiger partial charge on any atom is 0.135 e. The molecule has 0 bridgehead atoms. The van der Waals surface area contributed by atoms with Crippen molar-refractivity contribution in [1.82, 2.24) is 0 Å². The lowest BCUT2D eigenvalue weighted by molar-refractivity contribution is 0.481. The van der Waals surface area contributed by atoms with E-state index >= 15 is 0 Å². The molecule has 0 fully saturated rings. The second-order valence-corrected chi connectivity index (χ2v) is 5.53. The molecule has 122 valence electrons. The highest BCUT2D eigenvalue weighted by Gasteiger charge is 2.22. The van der Waals surface area contributed by atoms with Crippen molar-refractivity contribution in [3.8, 4) is 29.7 Å². The lowest BCUT2D eigenvalue weighted by Gasteiger charge is -2.10. The van der Waals surface area contributed by atoms with Gasteiger partial charge in [0, 0.05) is 23.1 Å². The summed E-state index contributed by atoms with van der Waals surface area (Å²) in [6, 6.07) is 19.0. The summed E-state index contributed by atoms with van der Waals surface area (Å²) < 4.78 is 5.99. The summed E-state index contributed by atoms with van der Waals surface area (Å²) >= 11 is 6.11. The second kappa shape index (κ2) is 8.55. The zero-order valence-electron chi connectivity index (χ0n) is 13.6. The van der Waals surface area contributed by atoms with Gasteiger partial charge in [0.05, 0.1) is 31.0 Å². The van der Waals surface area contributed by atoms with Gasteiger partial charge in [-0.25, -0.2) is 0 Å². The van der Waals surface area contributed by atoms with Crippen LogP contribution in [0.15, 0.2) is 42.5 Å². The number of nitrogens with zero attached hydrogens (tertiary/aromatic N) is 3. The molecule has 0 aromatic heterocycles. The van der Waals surface area contributed by atoms with Gasteiger partial charge in [-0.2, -0.15) is 15.8 Å². The number of benzene rings is 2. The Morgan fingerprint density at radius 1 is 0.880 bits per heavy atom. The zero-order chi connectivity index (χ0) is 18.2. The van der Waals surface area contributed by atoms with Crippen LogP contribution in [-0.4, -0.2) is 0 Å². The number of para-hydroxylation sites is 1. The number of hydrogen-bond acceptors (Lipinski definition) is 4. The van der Waals surface area contributed by atoms with E-state index in [4.69, 9.17) is 21.6 Å². The molecule has 5 heteroatoms. The fourth-order valence-electron chi connectivity index (χ4n) is 2.64. The molecule has 0 amide bonds. The van der Waals surface area contributed by atoms with E-state index in [1.54, 1.807) is 24.3 Å². The van der Waals surface area contributed by atoms with E-state index < -0.39 is 0 Å². The van der Waals surface area contributed by atoms with E-state index in [1.807, 2.05) is 24.3 Å². The largest absolute Gasteiger partial charge is 0.456 e. The van der Waals surface area contributed by atoms with Gasteiger partial charge in [0.25, 0.3) is 0 Å². The Labute approximate surface area is 151 Å². The average Bonchev–Trinajstić information content (AvgIpc) is 2.72. The van der Waals surface area contributed by atoms with E-state index in [2.05, 4.69) is 12.1 Å². The van der Waals surface area contributed by atoms with Crippen LogP contribution >= 0.6 is 11.6 Å². The second-order valence-electron chi connectivity index (χ2n) is 5.09. The van der Waals surface area contributed by atoms with Crippen molar-refractivity contribution in [2.75, 3.05) is 0 Å². The van der Waals surface area contributed by atoms with E-state index in [0.29, 0.717) is 16.5 Å². The minimum atomic E-state index is 0.196. The molecule has 1 aliphatic rings. The molecule has 25 heavy (non-hydrogen) atoms. The zero-order valence-corrected chi connectivity index (χ0v) is 14.3. The van der Waals surface area contributed by atoms with E-state index in [-0.39, 0.29) is 12.8 Å². The van der Waals surface area contributed by atoms with Crippen LogP contribution in [0.3, 0.4) is 0 Å². The van der Waals surface area contributed by atoms with Gasteiger partial charge in [0.1, 0.15) is 11.5 Å². The van der Waals surface area contributed by atoms with Gasteiger partial charge >= 0.3 is 0 Å². The molecule has 0 unspecified atom stereocenters. The number of hydrogen-bond donors (Lipinski definition) is 0. The van der Waals surface area contributed by atoms with E-state index in [9.17, 15) is 10.5 Å². The van der Waals surface area contributed by atoms with Crippen molar-refractivity contribution in [3.05, 3.63) is 58.6 Å². The van der Waals surface area contributed by atoms with Crippen molar-refractivity contribution < 1.29 is 4.74 Å². The fourth-order valence-corrected chi connectivity index (χ4v) is 2.81. The molecule has 0 aliphatic carbocycles. The molecule has 0 saturated carbocycles. The number of ether oxygens (including phenoxy) is 1. The van der Waals surface area contributed by atoms with Gasteiger partial charge in [0.2, 0.25) is 0 Å². The first-order chi connectivity index (χ1) is 12.2. The maximum atomic E-state index is 9.20. The van der Waals surface area contributed by atoms with E-state index in [0.717, 1.165) is 22.3 Å². The van der Waals surface area contributed by atoms with Crippen molar-refractivity contribution >= 4 is 22.7 Å². The Bertz CT molecular complexity index is 943. The van der Waals surface area contributed by atoms with Gasteiger partial charge in [-0.3, -0.25) is 0 Å². The highest BCUT2D eigenvalue weighted by atomic mass is 35.5. The molecule has 0 spiro atoms. The molecular weight excluding hydrogens is 334 g/mol. The smallest absolute Gasteiger partial charge is 0.135 e. The van der Waals surface area contributed by atoms with Gasteiger partial charge in [-0.15, -0.1) is 0 Å². The van der Waals surface area contributed by atoms with Crippen LogP contribution in [0.1, 0.15) is 30.9 Å². The Kier molecular flexibility index (Phi) is 6.19. The standard InChI is InChI=1S/C18H11ClN2O.C2H3N/c19-12-5-6-18-16(11-12)14(8-10-21)13(7-9-20)15-3-1-2-4-17(15)22-18;1-2-3/h1-6,11H,7-8H2;1H3. The monoisotopic (exact) mass is 347 g/mol. The number of fused-ring (bicyclic) bond motifs is 2. The highest BCUT2D eigenvalue weighted by Crippen LogP contribution is 2.45. The Morgan fingerprint density at radius 3 is 2.08 bits per heavy atom. The minimum Gasteiger partial charge on any atom is -0.456 e. The Morgan fingerprint density at radius 2 is 1.44 bits per heavy atom. The summed E-state index contributed by atoms with van der Waals surface area (Å²) in [5.74, 6) is 1.33. The third-order valence-electron chi connectivity index (χ3n) is 3.57. The van der Waals surface area contributed by atoms with Crippen molar-refractivity contribution in [2.45, 2.75) is 19.8 Å². The van der Waals surface area contributed by atoms with Crippen LogP contribution in [0, 0.1) is 34.0 Å². The summed E-state index contributed by atoms with van der Waals surface area (Å²) in [6.45, 7) is 1.43. The van der Waals surface area contributed by atoms with Crippen LogP contribution in [0.4, 0.5) is 0 Å². The molecule has 3 rings (SSSR count). The van der Waals surface area contributed by atoms with E-state index in [1.165, 1.54) is 6.92 Å². The lowest BCUT2D eigenvalue weighted by Crippen LogP contribution is -1.91. The number of halogens is 1. The Hall–Kier alpha value is -3.26. The van der Waals surface area contributed by atoms with Crippen LogP contribution in [0.2, 0.25) is 5.02 Å².